The van der Waals surface area contributed by atoms with E-state index in [0.717, 1.165) is 30.7 Å². The van der Waals surface area contributed by atoms with Gasteiger partial charge in [-0.1, -0.05) is 12.1 Å². The van der Waals surface area contributed by atoms with E-state index in [1.54, 1.807) is 7.11 Å². The van der Waals surface area contributed by atoms with Crippen LogP contribution in [0.1, 0.15) is 25.3 Å². The first-order valence-corrected chi connectivity index (χ1v) is 5.74. The molecule has 0 aliphatic carbocycles. The molecule has 88 valence electrons. The predicted octanol–water partition coefficient (Wildman–Crippen LogP) is 1.65. The molecule has 1 aliphatic heterocycles. The lowest BCUT2D eigenvalue weighted by atomic mass is 9.81. The van der Waals surface area contributed by atoms with E-state index < -0.39 is 0 Å². The Morgan fingerprint density at radius 1 is 1.50 bits per heavy atom. The predicted molar refractivity (Wildman–Crippen MR) is 63.6 cm³/mol. The van der Waals surface area contributed by atoms with Crippen LogP contribution in [0.3, 0.4) is 0 Å². The standard InChI is InChI=1S/C13H19NO2/c1-13(12(15)7-4-8-14-13)10-5-3-6-11(9-10)16-2/h3,5-6,9,12,14-15H,4,7-8H2,1-2H3. The summed E-state index contributed by atoms with van der Waals surface area (Å²) in [4.78, 5) is 0. The highest BCUT2D eigenvalue weighted by Gasteiger charge is 2.36. The molecule has 0 bridgehead atoms. The molecule has 3 nitrogen and oxygen atoms in total. The monoisotopic (exact) mass is 221 g/mol. The first-order chi connectivity index (χ1) is 7.66. The van der Waals surface area contributed by atoms with Crippen LogP contribution < -0.4 is 10.1 Å². The van der Waals surface area contributed by atoms with Crippen molar-refractivity contribution < 1.29 is 9.84 Å². The molecule has 0 aromatic heterocycles. The van der Waals surface area contributed by atoms with Crippen molar-refractivity contribution in [2.75, 3.05) is 13.7 Å². The summed E-state index contributed by atoms with van der Waals surface area (Å²) in [5, 5.41) is 13.5. The Morgan fingerprint density at radius 3 is 3.00 bits per heavy atom. The molecule has 0 spiro atoms. The number of piperidine rings is 1. The summed E-state index contributed by atoms with van der Waals surface area (Å²) >= 11 is 0. The van der Waals surface area contributed by atoms with Gasteiger partial charge in [0, 0.05) is 0 Å². The third-order valence-electron chi connectivity index (χ3n) is 3.48. The second kappa shape index (κ2) is 4.44. The van der Waals surface area contributed by atoms with Gasteiger partial charge in [-0.2, -0.15) is 0 Å². The largest absolute Gasteiger partial charge is 0.497 e. The maximum Gasteiger partial charge on any atom is 0.119 e. The van der Waals surface area contributed by atoms with Crippen molar-refractivity contribution in [1.82, 2.24) is 5.32 Å². The summed E-state index contributed by atoms with van der Waals surface area (Å²) < 4.78 is 5.22. The van der Waals surface area contributed by atoms with E-state index in [2.05, 4.69) is 5.32 Å². The van der Waals surface area contributed by atoms with Crippen molar-refractivity contribution in [1.29, 1.82) is 0 Å². The molecule has 2 atom stereocenters. The van der Waals surface area contributed by atoms with Crippen LogP contribution in [0.15, 0.2) is 24.3 Å². The van der Waals surface area contributed by atoms with Gasteiger partial charge in [-0.3, -0.25) is 0 Å². The van der Waals surface area contributed by atoms with Gasteiger partial charge >= 0.3 is 0 Å². The van der Waals surface area contributed by atoms with Gasteiger partial charge in [0.25, 0.3) is 0 Å². The Morgan fingerprint density at radius 2 is 2.31 bits per heavy atom. The Hall–Kier alpha value is -1.06. The molecule has 0 amide bonds. The zero-order chi connectivity index (χ0) is 11.6. The first-order valence-electron chi connectivity index (χ1n) is 5.74. The van der Waals surface area contributed by atoms with Gasteiger partial charge < -0.3 is 15.2 Å². The minimum Gasteiger partial charge on any atom is -0.497 e. The third-order valence-corrected chi connectivity index (χ3v) is 3.48. The smallest absolute Gasteiger partial charge is 0.119 e. The van der Waals surface area contributed by atoms with Gasteiger partial charge in [-0.05, 0) is 44.0 Å². The number of nitrogens with one attached hydrogen (secondary N) is 1. The Labute approximate surface area is 96.4 Å². The van der Waals surface area contributed by atoms with E-state index in [4.69, 9.17) is 4.74 Å². The maximum absolute atomic E-state index is 10.1. The SMILES string of the molecule is COc1cccc(C2(C)NCCCC2O)c1. The van der Waals surface area contributed by atoms with Crippen molar-refractivity contribution in [3.8, 4) is 5.75 Å². The van der Waals surface area contributed by atoms with E-state index in [-0.39, 0.29) is 11.6 Å². The normalized spacial score (nSPS) is 30.1. The third kappa shape index (κ3) is 1.93. The van der Waals surface area contributed by atoms with E-state index in [9.17, 15) is 5.11 Å². The summed E-state index contributed by atoms with van der Waals surface area (Å²) in [6, 6.07) is 7.90. The van der Waals surface area contributed by atoms with Crippen LogP contribution in [-0.4, -0.2) is 24.9 Å². The van der Waals surface area contributed by atoms with Gasteiger partial charge in [0.1, 0.15) is 5.75 Å². The molecule has 3 heteroatoms. The fraction of sp³-hybridized carbons (Fsp3) is 0.538. The van der Waals surface area contributed by atoms with Gasteiger partial charge in [0.05, 0.1) is 18.8 Å². The van der Waals surface area contributed by atoms with Crippen molar-refractivity contribution in [2.45, 2.75) is 31.4 Å². The van der Waals surface area contributed by atoms with Crippen molar-refractivity contribution in [3.63, 3.8) is 0 Å². The van der Waals surface area contributed by atoms with Crippen molar-refractivity contribution in [3.05, 3.63) is 29.8 Å². The average molecular weight is 221 g/mol. The molecular weight excluding hydrogens is 202 g/mol. The number of aliphatic hydroxyl groups excluding tert-OH is 1. The molecule has 1 aromatic rings. The Bertz CT molecular complexity index is 367. The lowest BCUT2D eigenvalue weighted by molar-refractivity contribution is 0.0384. The molecule has 1 heterocycles. The van der Waals surface area contributed by atoms with Gasteiger partial charge in [0.15, 0.2) is 0 Å². The second-order valence-electron chi connectivity index (χ2n) is 4.52. The van der Waals surface area contributed by atoms with Crippen LogP contribution in [-0.2, 0) is 5.54 Å². The molecule has 1 aliphatic rings. The van der Waals surface area contributed by atoms with Gasteiger partial charge in [0.2, 0.25) is 0 Å². The van der Waals surface area contributed by atoms with Crippen LogP contribution in [0.2, 0.25) is 0 Å². The Balaban J connectivity index is 2.33. The number of hydrogen-bond acceptors (Lipinski definition) is 3. The average Bonchev–Trinajstić information content (AvgIpc) is 2.33. The van der Waals surface area contributed by atoms with Crippen LogP contribution >= 0.6 is 0 Å². The number of rotatable bonds is 2. The van der Waals surface area contributed by atoms with E-state index in [1.807, 2.05) is 31.2 Å². The van der Waals surface area contributed by atoms with Crippen LogP contribution in [0, 0.1) is 0 Å². The minimum atomic E-state index is -0.354. The fourth-order valence-electron chi connectivity index (χ4n) is 2.29. The topological polar surface area (TPSA) is 41.5 Å². The molecule has 2 N–H and O–H groups in total. The number of aliphatic hydroxyl groups is 1. The lowest BCUT2D eigenvalue weighted by Gasteiger charge is -2.40. The quantitative estimate of drug-likeness (QED) is 0.798. The minimum absolute atomic E-state index is 0.339. The van der Waals surface area contributed by atoms with Crippen LogP contribution in [0.5, 0.6) is 5.75 Å². The molecule has 2 unspecified atom stereocenters. The molecule has 2 rings (SSSR count). The molecule has 0 radical (unpaired) electrons. The van der Waals surface area contributed by atoms with E-state index in [1.165, 1.54) is 0 Å². The summed E-state index contributed by atoms with van der Waals surface area (Å²) in [5.74, 6) is 0.832. The van der Waals surface area contributed by atoms with Gasteiger partial charge in [-0.25, -0.2) is 0 Å². The number of benzene rings is 1. The van der Waals surface area contributed by atoms with Crippen LogP contribution in [0.4, 0.5) is 0 Å². The molecule has 1 fully saturated rings. The molecule has 0 saturated carbocycles. The Kier molecular flexibility index (Phi) is 3.17. The van der Waals surface area contributed by atoms with E-state index >= 15 is 0 Å². The zero-order valence-electron chi connectivity index (χ0n) is 9.86. The number of hydrogen-bond donors (Lipinski definition) is 2. The molecular formula is C13H19NO2. The summed E-state index contributed by atoms with van der Waals surface area (Å²) in [5.41, 5.74) is 0.728. The highest BCUT2D eigenvalue weighted by Crippen LogP contribution is 2.31. The number of methoxy groups -OCH3 is 1. The fourth-order valence-corrected chi connectivity index (χ4v) is 2.29. The molecule has 1 aromatic carbocycles. The molecule has 16 heavy (non-hydrogen) atoms. The lowest BCUT2D eigenvalue weighted by Crippen LogP contribution is -2.53. The summed E-state index contributed by atoms with van der Waals surface area (Å²) in [6.07, 6.45) is 1.54. The summed E-state index contributed by atoms with van der Waals surface area (Å²) in [7, 11) is 1.66. The second-order valence-corrected chi connectivity index (χ2v) is 4.52. The van der Waals surface area contributed by atoms with E-state index in [0.29, 0.717) is 0 Å². The maximum atomic E-state index is 10.1. The first kappa shape index (κ1) is 11.4. The molecule has 1 saturated heterocycles. The highest BCUT2D eigenvalue weighted by molar-refractivity contribution is 5.34. The highest BCUT2D eigenvalue weighted by atomic mass is 16.5. The number of ether oxygens (including phenoxy) is 1. The summed E-state index contributed by atoms with van der Waals surface area (Å²) in [6.45, 7) is 3.00. The van der Waals surface area contributed by atoms with Gasteiger partial charge in [-0.15, -0.1) is 0 Å². The van der Waals surface area contributed by atoms with Crippen LogP contribution in [0.25, 0.3) is 0 Å². The zero-order valence-corrected chi connectivity index (χ0v) is 9.86. The van der Waals surface area contributed by atoms with Crippen molar-refractivity contribution in [2.24, 2.45) is 0 Å². The van der Waals surface area contributed by atoms with Crippen molar-refractivity contribution >= 4 is 0 Å².